The summed E-state index contributed by atoms with van der Waals surface area (Å²) in [5.74, 6) is -2.18. The molecule has 0 fully saturated rings. The Hall–Kier alpha value is -1.72. The number of nitrogens with zero attached hydrogens (tertiary/aromatic N) is 1. The molecule has 0 bridgehead atoms. The average Bonchev–Trinajstić information content (AvgIpc) is 1.99. The maximum atomic E-state index is 11.5. The fraction of sp³-hybridized carbons (Fsp3) is 0.600. The molecule has 90 valence electrons. The number of hydrogen-bond donors (Lipinski definition) is 1. The molecule has 0 rings (SSSR count). The van der Waals surface area contributed by atoms with Gasteiger partial charge >= 0.3 is 0 Å². The summed E-state index contributed by atoms with van der Waals surface area (Å²) in [6.45, 7) is 6.04. The van der Waals surface area contributed by atoms with Gasteiger partial charge in [-0.1, -0.05) is 0 Å². The SMILES string of the molecule is CC(=O)NC(C)(C(C)=O)N(C(C)=O)C(C)=O. The molecule has 1 atom stereocenters. The van der Waals surface area contributed by atoms with E-state index in [1.807, 2.05) is 0 Å². The molecule has 0 aromatic heterocycles. The first-order chi connectivity index (χ1) is 7.12. The van der Waals surface area contributed by atoms with Gasteiger partial charge in [0.25, 0.3) is 0 Å². The Balaban J connectivity index is 5.46. The number of carbonyl (C=O) groups excluding carboxylic acids is 4. The lowest BCUT2D eigenvalue weighted by molar-refractivity contribution is -0.157. The number of amides is 3. The average molecular weight is 228 g/mol. The summed E-state index contributed by atoms with van der Waals surface area (Å²) in [5.41, 5.74) is -1.62. The van der Waals surface area contributed by atoms with Crippen LogP contribution in [0, 0.1) is 0 Å². The van der Waals surface area contributed by atoms with Gasteiger partial charge in [-0.3, -0.25) is 24.1 Å². The fourth-order valence-electron chi connectivity index (χ4n) is 1.50. The lowest BCUT2D eigenvalue weighted by Crippen LogP contribution is -2.65. The maximum absolute atomic E-state index is 11.5. The molecule has 6 nitrogen and oxygen atoms in total. The highest BCUT2D eigenvalue weighted by atomic mass is 16.2. The molecule has 3 amide bonds. The van der Waals surface area contributed by atoms with Crippen LogP contribution in [0.3, 0.4) is 0 Å². The molecule has 0 aliphatic rings. The molecule has 1 unspecified atom stereocenters. The first-order valence-electron chi connectivity index (χ1n) is 4.74. The topological polar surface area (TPSA) is 83.6 Å². The minimum absolute atomic E-state index is 0.492. The second-order valence-electron chi connectivity index (χ2n) is 3.68. The van der Waals surface area contributed by atoms with Gasteiger partial charge < -0.3 is 5.32 Å². The van der Waals surface area contributed by atoms with Crippen LogP contribution in [0.2, 0.25) is 0 Å². The van der Waals surface area contributed by atoms with Gasteiger partial charge in [0.1, 0.15) is 0 Å². The first-order valence-corrected chi connectivity index (χ1v) is 4.74. The first kappa shape index (κ1) is 14.3. The molecule has 0 aliphatic carbocycles. The van der Waals surface area contributed by atoms with Crippen molar-refractivity contribution >= 4 is 23.5 Å². The molecule has 0 heterocycles. The molecule has 0 aliphatic heterocycles. The molecule has 0 aromatic rings. The normalized spacial score (nSPS) is 13.6. The van der Waals surface area contributed by atoms with Crippen molar-refractivity contribution in [3.8, 4) is 0 Å². The van der Waals surface area contributed by atoms with Crippen molar-refractivity contribution in [2.45, 2.75) is 40.3 Å². The summed E-state index contributed by atoms with van der Waals surface area (Å²) < 4.78 is 0. The minimum Gasteiger partial charge on any atom is -0.327 e. The number of hydrogen-bond acceptors (Lipinski definition) is 4. The van der Waals surface area contributed by atoms with Crippen LogP contribution in [0.25, 0.3) is 0 Å². The van der Waals surface area contributed by atoms with Crippen LogP contribution in [0.15, 0.2) is 0 Å². The van der Waals surface area contributed by atoms with Gasteiger partial charge in [-0.25, -0.2) is 0 Å². The molecule has 16 heavy (non-hydrogen) atoms. The summed E-state index contributed by atoms with van der Waals surface area (Å²) >= 11 is 0. The van der Waals surface area contributed by atoms with E-state index in [1.165, 1.54) is 20.8 Å². The van der Waals surface area contributed by atoms with Crippen molar-refractivity contribution in [1.29, 1.82) is 0 Å². The van der Waals surface area contributed by atoms with Crippen molar-refractivity contribution in [2.75, 3.05) is 0 Å². The van der Waals surface area contributed by atoms with Crippen LogP contribution in [0.5, 0.6) is 0 Å². The number of imide groups is 1. The standard InChI is InChI=1S/C10H16N2O4/c1-6(13)10(5,11-7(2)14)12(8(3)15)9(4)16/h1-5H3,(H,11,14). The number of ketones is 1. The van der Waals surface area contributed by atoms with E-state index < -0.39 is 29.2 Å². The Labute approximate surface area is 94.0 Å². The predicted molar refractivity (Wildman–Crippen MR) is 56.1 cm³/mol. The van der Waals surface area contributed by atoms with E-state index in [1.54, 1.807) is 0 Å². The Bertz CT molecular complexity index is 337. The lowest BCUT2D eigenvalue weighted by atomic mass is 10.1. The van der Waals surface area contributed by atoms with E-state index in [0.717, 1.165) is 18.7 Å². The molecule has 1 N–H and O–H groups in total. The predicted octanol–water partition coefficient (Wildman–Crippen LogP) is -0.177. The number of carbonyl (C=O) groups is 4. The summed E-state index contributed by atoms with van der Waals surface area (Å²) in [6, 6.07) is 0. The van der Waals surface area contributed by atoms with Gasteiger partial charge in [-0.05, 0) is 13.8 Å². The summed E-state index contributed by atoms with van der Waals surface area (Å²) in [6.07, 6.45) is 0. The largest absolute Gasteiger partial charge is 0.327 e. The van der Waals surface area contributed by atoms with Gasteiger partial charge in [-0.15, -0.1) is 0 Å². The molecule has 0 saturated carbocycles. The number of Topliss-reactive ketones (excluding diaryl/α,β-unsaturated/α-hetero) is 1. The van der Waals surface area contributed by atoms with E-state index in [-0.39, 0.29) is 0 Å². The molecule has 0 radical (unpaired) electrons. The Kier molecular flexibility index (Phi) is 4.35. The summed E-state index contributed by atoms with van der Waals surface area (Å²) in [7, 11) is 0. The molecule has 0 saturated heterocycles. The highest BCUT2D eigenvalue weighted by Gasteiger charge is 2.41. The van der Waals surface area contributed by atoms with Crippen molar-refractivity contribution in [3.05, 3.63) is 0 Å². The van der Waals surface area contributed by atoms with Crippen LogP contribution in [-0.2, 0) is 19.2 Å². The minimum atomic E-state index is -1.62. The van der Waals surface area contributed by atoms with E-state index in [9.17, 15) is 19.2 Å². The van der Waals surface area contributed by atoms with Crippen LogP contribution < -0.4 is 5.32 Å². The number of nitrogens with one attached hydrogen (secondary N) is 1. The quantitative estimate of drug-likeness (QED) is 0.679. The van der Waals surface area contributed by atoms with Crippen molar-refractivity contribution < 1.29 is 19.2 Å². The van der Waals surface area contributed by atoms with Crippen LogP contribution in [0.1, 0.15) is 34.6 Å². The second-order valence-corrected chi connectivity index (χ2v) is 3.68. The van der Waals surface area contributed by atoms with Gasteiger partial charge in [0.15, 0.2) is 11.4 Å². The van der Waals surface area contributed by atoms with Gasteiger partial charge in [0, 0.05) is 20.8 Å². The van der Waals surface area contributed by atoms with Crippen LogP contribution in [0.4, 0.5) is 0 Å². The lowest BCUT2D eigenvalue weighted by Gasteiger charge is -2.36. The Morgan fingerprint density at radius 1 is 0.938 bits per heavy atom. The van der Waals surface area contributed by atoms with E-state index in [4.69, 9.17) is 0 Å². The van der Waals surface area contributed by atoms with Gasteiger partial charge in [-0.2, -0.15) is 0 Å². The number of rotatable bonds is 3. The zero-order chi connectivity index (χ0) is 13.1. The van der Waals surface area contributed by atoms with E-state index in [0.29, 0.717) is 0 Å². The van der Waals surface area contributed by atoms with E-state index in [2.05, 4.69) is 5.32 Å². The second kappa shape index (κ2) is 4.87. The summed E-state index contributed by atoms with van der Waals surface area (Å²) in [5, 5.41) is 2.31. The van der Waals surface area contributed by atoms with Gasteiger partial charge in [0.05, 0.1) is 0 Å². The third-order valence-electron chi connectivity index (χ3n) is 2.18. The smallest absolute Gasteiger partial charge is 0.228 e. The molecule has 6 heteroatoms. The zero-order valence-electron chi connectivity index (χ0n) is 10.1. The fourth-order valence-corrected chi connectivity index (χ4v) is 1.50. The molecular weight excluding hydrogens is 212 g/mol. The highest BCUT2D eigenvalue weighted by molar-refractivity contribution is 6.02. The van der Waals surface area contributed by atoms with Crippen LogP contribution in [-0.4, -0.2) is 34.1 Å². The molecular formula is C10H16N2O4. The van der Waals surface area contributed by atoms with E-state index >= 15 is 0 Å². The highest BCUT2D eigenvalue weighted by Crippen LogP contribution is 2.14. The zero-order valence-corrected chi connectivity index (χ0v) is 10.1. The molecule has 0 aromatic carbocycles. The van der Waals surface area contributed by atoms with Crippen molar-refractivity contribution in [1.82, 2.24) is 10.2 Å². The monoisotopic (exact) mass is 228 g/mol. The van der Waals surface area contributed by atoms with Crippen molar-refractivity contribution in [3.63, 3.8) is 0 Å². The third kappa shape index (κ3) is 2.88. The summed E-state index contributed by atoms with van der Waals surface area (Å²) in [4.78, 5) is 45.9. The van der Waals surface area contributed by atoms with Crippen LogP contribution >= 0.6 is 0 Å². The maximum Gasteiger partial charge on any atom is 0.228 e. The Morgan fingerprint density at radius 2 is 1.31 bits per heavy atom. The van der Waals surface area contributed by atoms with Gasteiger partial charge in [0.2, 0.25) is 17.7 Å². The Morgan fingerprint density at radius 3 is 1.50 bits per heavy atom. The third-order valence-corrected chi connectivity index (χ3v) is 2.18. The van der Waals surface area contributed by atoms with Crippen molar-refractivity contribution in [2.24, 2.45) is 0 Å². The molecule has 0 spiro atoms.